The SMILES string of the molecule is COc1cccc(-n2c(=O)c3ccccc3n3c(SC(C)c4ccccc4)nnc23)c1. The molecule has 0 radical (unpaired) electrons. The van der Waals surface area contributed by atoms with Gasteiger partial charge in [-0.3, -0.25) is 9.20 Å². The van der Waals surface area contributed by atoms with Crippen LogP contribution in [0.5, 0.6) is 5.75 Å². The highest BCUT2D eigenvalue weighted by Crippen LogP contribution is 2.34. The summed E-state index contributed by atoms with van der Waals surface area (Å²) in [5, 5.41) is 10.4. The zero-order valence-electron chi connectivity index (χ0n) is 17.1. The van der Waals surface area contributed by atoms with E-state index < -0.39 is 0 Å². The standard InChI is InChI=1S/C24H20N4O2S/c1-16(17-9-4-3-5-10-17)31-24-26-25-23-27(18-11-8-12-19(15-18)30-2)22(29)20-13-6-7-14-21(20)28(23)24/h3-16H,1-2H3. The molecule has 0 amide bonds. The van der Waals surface area contributed by atoms with Gasteiger partial charge >= 0.3 is 0 Å². The van der Waals surface area contributed by atoms with Gasteiger partial charge in [0.1, 0.15) is 5.75 Å². The lowest BCUT2D eigenvalue weighted by Crippen LogP contribution is -2.21. The van der Waals surface area contributed by atoms with E-state index in [9.17, 15) is 4.79 Å². The first kappa shape index (κ1) is 19.4. The minimum absolute atomic E-state index is 0.142. The van der Waals surface area contributed by atoms with Crippen LogP contribution in [0.2, 0.25) is 0 Å². The van der Waals surface area contributed by atoms with Crippen LogP contribution in [0.4, 0.5) is 0 Å². The van der Waals surface area contributed by atoms with Gasteiger partial charge in [0, 0.05) is 11.3 Å². The van der Waals surface area contributed by atoms with Gasteiger partial charge in [-0.15, -0.1) is 10.2 Å². The summed E-state index contributed by atoms with van der Waals surface area (Å²) in [6.45, 7) is 2.14. The van der Waals surface area contributed by atoms with Crippen molar-refractivity contribution in [3.63, 3.8) is 0 Å². The summed E-state index contributed by atoms with van der Waals surface area (Å²) >= 11 is 1.61. The zero-order chi connectivity index (χ0) is 21.4. The predicted octanol–water partition coefficient (Wildman–Crippen LogP) is 4.90. The highest BCUT2D eigenvalue weighted by Gasteiger charge is 2.20. The van der Waals surface area contributed by atoms with E-state index in [0.717, 1.165) is 10.7 Å². The van der Waals surface area contributed by atoms with Crippen molar-refractivity contribution in [3.8, 4) is 11.4 Å². The average molecular weight is 429 g/mol. The van der Waals surface area contributed by atoms with Crippen molar-refractivity contribution in [1.29, 1.82) is 0 Å². The fourth-order valence-electron chi connectivity index (χ4n) is 3.69. The number of rotatable bonds is 5. The van der Waals surface area contributed by atoms with Gasteiger partial charge in [0.05, 0.1) is 23.7 Å². The summed E-state index contributed by atoms with van der Waals surface area (Å²) in [5.74, 6) is 1.14. The second kappa shape index (κ2) is 7.92. The molecule has 0 fully saturated rings. The lowest BCUT2D eigenvalue weighted by Gasteiger charge is -2.13. The van der Waals surface area contributed by atoms with Gasteiger partial charge < -0.3 is 4.74 Å². The summed E-state index contributed by atoms with van der Waals surface area (Å²) in [7, 11) is 1.61. The van der Waals surface area contributed by atoms with Gasteiger partial charge in [-0.1, -0.05) is 60.3 Å². The number of para-hydroxylation sites is 1. The molecule has 7 heteroatoms. The van der Waals surface area contributed by atoms with Crippen LogP contribution < -0.4 is 10.3 Å². The molecule has 1 unspecified atom stereocenters. The lowest BCUT2D eigenvalue weighted by molar-refractivity contribution is 0.414. The van der Waals surface area contributed by atoms with Gasteiger partial charge in [0.15, 0.2) is 5.16 Å². The highest BCUT2D eigenvalue weighted by atomic mass is 32.2. The first-order valence-corrected chi connectivity index (χ1v) is 10.8. The van der Waals surface area contributed by atoms with Crippen molar-refractivity contribution in [1.82, 2.24) is 19.2 Å². The molecule has 2 aromatic heterocycles. The first-order chi connectivity index (χ1) is 15.2. The number of hydrogen-bond acceptors (Lipinski definition) is 5. The van der Waals surface area contributed by atoms with Crippen LogP contribution in [0.25, 0.3) is 22.4 Å². The van der Waals surface area contributed by atoms with Crippen molar-refractivity contribution in [3.05, 3.63) is 94.8 Å². The smallest absolute Gasteiger partial charge is 0.267 e. The van der Waals surface area contributed by atoms with Crippen molar-refractivity contribution >= 4 is 28.4 Å². The molecular weight excluding hydrogens is 408 g/mol. The normalized spacial score (nSPS) is 12.3. The Labute approximate surface area is 183 Å². The number of ether oxygens (including phenoxy) is 1. The predicted molar refractivity (Wildman–Crippen MR) is 123 cm³/mol. The van der Waals surface area contributed by atoms with Gasteiger partial charge in [0.25, 0.3) is 5.56 Å². The fourth-order valence-corrected chi connectivity index (χ4v) is 4.67. The zero-order valence-corrected chi connectivity index (χ0v) is 17.9. The molecule has 0 aliphatic rings. The minimum atomic E-state index is -0.142. The first-order valence-electron chi connectivity index (χ1n) is 9.92. The molecule has 1 atom stereocenters. The van der Waals surface area contributed by atoms with Crippen molar-refractivity contribution in [2.45, 2.75) is 17.3 Å². The number of nitrogens with zero attached hydrogens (tertiary/aromatic N) is 4. The third-order valence-corrected chi connectivity index (χ3v) is 6.36. The molecule has 0 saturated carbocycles. The minimum Gasteiger partial charge on any atom is -0.497 e. The van der Waals surface area contributed by atoms with Crippen molar-refractivity contribution < 1.29 is 4.74 Å². The number of fused-ring (bicyclic) bond motifs is 3. The van der Waals surface area contributed by atoms with Gasteiger partial charge in [-0.2, -0.15) is 0 Å². The monoisotopic (exact) mass is 428 g/mol. The van der Waals surface area contributed by atoms with E-state index in [0.29, 0.717) is 22.6 Å². The van der Waals surface area contributed by atoms with E-state index in [-0.39, 0.29) is 10.8 Å². The quantitative estimate of drug-likeness (QED) is 0.373. The van der Waals surface area contributed by atoms with E-state index in [1.54, 1.807) is 23.4 Å². The second-order valence-electron chi connectivity index (χ2n) is 7.15. The van der Waals surface area contributed by atoms with E-state index in [4.69, 9.17) is 4.74 Å². The molecule has 5 rings (SSSR count). The molecule has 3 aromatic carbocycles. The number of thioether (sulfide) groups is 1. The van der Waals surface area contributed by atoms with Crippen molar-refractivity contribution in [2.24, 2.45) is 0 Å². The third-order valence-electron chi connectivity index (χ3n) is 5.26. The topological polar surface area (TPSA) is 61.4 Å². The number of methoxy groups -OCH3 is 1. The summed E-state index contributed by atoms with van der Waals surface area (Å²) in [6.07, 6.45) is 0. The summed E-state index contributed by atoms with van der Waals surface area (Å²) in [4.78, 5) is 13.4. The molecule has 0 N–H and O–H groups in total. The maximum absolute atomic E-state index is 13.4. The maximum Gasteiger partial charge on any atom is 0.267 e. The summed E-state index contributed by atoms with van der Waals surface area (Å²) in [5.41, 5.74) is 2.53. The Kier molecular flexibility index (Phi) is 4.95. The molecule has 0 spiro atoms. The molecular formula is C24H20N4O2S. The Hall–Kier alpha value is -3.58. The lowest BCUT2D eigenvalue weighted by atomic mass is 10.2. The molecule has 0 aliphatic heterocycles. The van der Waals surface area contributed by atoms with Gasteiger partial charge in [-0.25, -0.2) is 4.57 Å². The number of aromatic nitrogens is 4. The van der Waals surface area contributed by atoms with Crippen LogP contribution in [0.15, 0.2) is 88.8 Å². The Balaban J connectivity index is 1.75. The molecule has 0 aliphatic carbocycles. The largest absolute Gasteiger partial charge is 0.497 e. The second-order valence-corrected chi connectivity index (χ2v) is 8.46. The molecule has 0 bridgehead atoms. The molecule has 0 saturated heterocycles. The van der Waals surface area contributed by atoms with E-state index >= 15 is 0 Å². The average Bonchev–Trinajstić information content (AvgIpc) is 3.23. The van der Waals surface area contributed by atoms with E-state index in [1.807, 2.05) is 71.1 Å². The molecule has 31 heavy (non-hydrogen) atoms. The third kappa shape index (κ3) is 3.37. The fraction of sp³-hybridized carbons (Fsp3) is 0.125. The van der Waals surface area contributed by atoms with Crippen LogP contribution in [0.3, 0.4) is 0 Å². The van der Waals surface area contributed by atoms with Crippen LogP contribution >= 0.6 is 11.8 Å². The van der Waals surface area contributed by atoms with E-state index in [2.05, 4.69) is 29.3 Å². The van der Waals surface area contributed by atoms with Gasteiger partial charge in [0.2, 0.25) is 5.78 Å². The van der Waals surface area contributed by atoms with E-state index in [1.165, 1.54) is 5.56 Å². The van der Waals surface area contributed by atoms with Crippen LogP contribution in [-0.2, 0) is 0 Å². The Morgan fingerprint density at radius 2 is 1.71 bits per heavy atom. The summed E-state index contributed by atoms with van der Waals surface area (Å²) < 4.78 is 8.91. The van der Waals surface area contributed by atoms with Crippen LogP contribution in [0, 0.1) is 0 Å². The molecule has 5 aromatic rings. The van der Waals surface area contributed by atoms with Crippen LogP contribution in [0.1, 0.15) is 17.7 Å². The molecule has 2 heterocycles. The number of benzene rings is 3. The van der Waals surface area contributed by atoms with Crippen molar-refractivity contribution in [2.75, 3.05) is 7.11 Å². The summed E-state index contributed by atoms with van der Waals surface area (Å²) in [6, 6.07) is 25.2. The highest BCUT2D eigenvalue weighted by molar-refractivity contribution is 7.99. The Morgan fingerprint density at radius 1 is 0.935 bits per heavy atom. The Bertz CT molecular complexity index is 1440. The Morgan fingerprint density at radius 3 is 2.52 bits per heavy atom. The molecule has 154 valence electrons. The maximum atomic E-state index is 13.4. The number of hydrogen-bond donors (Lipinski definition) is 0. The molecule has 6 nitrogen and oxygen atoms in total. The van der Waals surface area contributed by atoms with Crippen LogP contribution in [-0.4, -0.2) is 26.3 Å². The van der Waals surface area contributed by atoms with Gasteiger partial charge in [-0.05, 0) is 36.8 Å².